The maximum absolute atomic E-state index is 6.35. The van der Waals surface area contributed by atoms with Gasteiger partial charge in [0.25, 0.3) is 0 Å². The maximum Gasteiger partial charge on any atom is 0.114 e. The molecule has 17 heavy (non-hydrogen) atoms. The Balaban J connectivity index is 1.95. The minimum absolute atomic E-state index is 0.0319. The number of thiazole rings is 1. The first-order valence-electron chi connectivity index (χ1n) is 5.96. The van der Waals surface area contributed by atoms with E-state index in [4.69, 9.17) is 10.7 Å². The molecule has 2 heterocycles. The smallest absolute Gasteiger partial charge is 0.114 e. The molecule has 2 aromatic heterocycles. The predicted octanol–water partition coefficient (Wildman–Crippen LogP) is 3.36. The Hall–Kier alpha value is -0.710. The largest absolute Gasteiger partial charge is 0.318 e. The monoisotopic (exact) mass is 264 g/mol. The Morgan fingerprint density at radius 2 is 2.12 bits per heavy atom. The Bertz CT molecular complexity index is 532. The topological polar surface area (TPSA) is 38.9 Å². The van der Waals surface area contributed by atoms with Gasteiger partial charge < -0.3 is 5.73 Å². The average Bonchev–Trinajstić information content (AvgIpc) is 2.90. The zero-order valence-corrected chi connectivity index (χ0v) is 11.8. The van der Waals surface area contributed by atoms with E-state index in [1.807, 2.05) is 22.7 Å². The van der Waals surface area contributed by atoms with Gasteiger partial charge in [0.2, 0.25) is 0 Å². The number of aryl methyl sites for hydroxylation is 4. The van der Waals surface area contributed by atoms with Crippen LogP contribution in [0.4, 0.5) is 0 Å². The second kappa shape index (κ2) is 4.19. The van der Waals surface area contributed by atoms with Crippen LogP contribution in [0.3, 0.4) is 0 Å². The molecule has 0 bridgehead atoms. The minimum atomic E-state index is -0.0319. The number of fused-ring (bicyclic) bond motifs is 1. The third-order valence-electron chi connectivity index (χ3n) is 3.29. The molecule has 1 aliphatic rings. The van der Waals surface area contributed by atoms with Gasteiger partial charge in [-0.3, -0.25) is 0 Å². The molecule has 0 saturated carbocycles. The Morgan fingerprint density at radius 3 is 2.76 bits per heavy atom. The molecule has 2 nitrogen and oxygen atoms in total. The van der Waals surface area contributed by atoms with Crippen molar-refractivity contribution in [2.24, 2.45) is 5.73 Å². The quantitative estimate of drug-likeness (QED) is 0.903. The molecular formula is C13H16N2S2. The highest BCUT2D eigenvalue weighted by Crippen LogP contribution is 2.34. The first-order valence-corrected chi connectivity index (χ1v) is 7.59. The minimum Gasteiger partial charge on any atom is -0.318 e. The van der Waals surface area contributed by atoms with Crippen LogP contribution in [-0.4, -0.2) is 4.98 Å². The highest BCUT2D eigenvalue weighted by atomic mass is 32.1. The zero-order chi connectivity index (χ0) is 12.0. The van der Waals surface area contributed by atoms with E-state index in [0.29, 0.717) is 0 Å². The fourth-order valence-corrected chi connectivity index (χ4v) is 4.58. The summed E-state index contributed by atoms with van der Waals surface area (Å²) >= 11 is 3.63. The number of hydrogen-bond acceptors (Lipinski definition) is 4. The van der Waals surface area contributed by atoms with Crippen molar-refractivity contribution in [3.05, 3.63) is 37.0 Å². The summed E-state index contributed by atoms with van der Waals surface area (Å²) in [4.78, 5) is 8.83. The van der Waals surface area contributed by atoms with E-state index in [0.717, 1.165) is 11.4 Å². The molecule has 0 aromatic carbocycles. The van der Waals surface area contributed by atoms with Crippen LogP contribution in [-0.2, 0) is 12.8 Å². The third kappa shape index (κ3) is 1.94. The van der Waals surface area contributed by atoms with Gasteiger partial charge in [0.05, 0.1) is 11.7 Å². The van der Waals surface area contributed by atoms with Crippen molar-refractivity contribution in [1.82, 2.24) is 4.98 Å². The predicted molar refractivity (Wildman–Crippen MR) is 74.0 cm³/mol. The molecular weight excluding hydrogens is 248 g/mol. The van der Waals surface area contributed by atoms with Gasteiger partial charge in [-0.25, -0.2) is 4.98 Å². The summed E-state index contributed by atoms with van der Waals surface area (Å²) in [6.07, 6.45) is 3.60. The third-order valence-corrected chi connectivity index (χ3v) is 5.51. The molecule has 1 aliphatic carbocycles. The number of aromatic nitrogens is 1. The summed E-state index contributed by atoms with van der Waals surface area (Å²) in [5.74, 6) is 0. The molecule has 0 spiro atoms. The van der Waals surface area contributed by atoms with Gasteiger partial charge in [-0.05, 0) is 44.7 Å². The Labute approximate surface area is 110 Å². The van der Waals surface area contributed by atoms with Crippen molar-refractivity contribution >= 4 is 22.7 Å². The molecule has 0 fully saturated rings. The summed E-state index contributed by atoms with van der Waals surface area (Å²) < 4.78 is 0. The van der Waals surface area contributed by atoms with Gasteiger partial charge in [-0.2, -0.15) is 0 Å². The van der Waals surface area contributed by atoms with Crippen molar-refractivity contribution in [1.29, 1.82) is 0 Å². The van der Waals surface area contributed by atoms with Crippen LogP contribution < -0.4 is 5.73 Å². The highest BCUT2D eigenvalue weighted by Gasteiger charge is 2.22. The summed E-state index contributed by atoms with van der Waals surface area (Å²) in [7, 11) is 0. The lowest BCUT2D eigenvalue weighted by molar-refractivity contribution is 0.832. The number of nitrogens with zero attached hydrogens (tertiary/aromatic N) is 1. The van der Waals surface area contributed by atoms with Gasteiger partial charge >= 0.3 is 0 Å². The van der Waals surface area contributed by atoms with Crippen molar-refractivity contribution in [2.45, 2.75) is 39.2 Å². The lowest BCUT2D eigenvalue weighted by atomic mass is 10.1. The van der Waals surface area contributed by atoms with Gasteiger partial charge in [-0.1, -0.05) is 0 Å². The Kier molecular flexibility index (Phi) is 2.81. The normalized spacial score (nSPS) is 16.2. The molecule has 1 atom stereocenters. The second-order valence-corrected chi connectivity index (χ2v) is 7.20. The van der Waals surface area contributed by atoms with Crippen LogP contribution in [0, 0.1) is 13.8 Å². The molecule has 2 aromatic rings. The number of hydrogen-bond donors (Lipinski definition) is 1. The molecule has 1 unspecified atom stereocenters. The van der Waals surface area contributed by atoms with Gasteiger partial charge in [-0.15, -0.1) is 22.7 Å². The lowest BCUT2D eigenvalue weighted by Crippen LogP contribution is -2.11. The summed E-state index contributed by atoms with van der Waals surface area (Å²) in [6, 6.07) is 2.17. The fraction of sp³-hybridized carbons (Fsp3) is 0.462. The second-order valence-electron chi connectivity index (χ2n) is 4.62. The summed E-state index contributed by atoms with van der Waals surface area (Å²) in [5, 5.41) is 1.09. The van der Waals surface area contributed by atoms with E-state index in [2.05, 4.69) is 19.9 Å². The van der Waals surface area contributed by atoms with Crippen LogP contribution in [0.25, 0.3) is 0 Å². The van der Waals surface area contributed by atoms with Crippen LogP contribution in [0.1, 0.15) is 43.4 Å². The molecule has 0 amide bonds. The van der Waals surface area contributed by atoms with E-state index >= 15 is 0 Å². The van der Waals surface area contributed by atoms with Gasteiger partial charge in [0.1, 0.15) is 5.01 Å². The number of rotatable bonds is 2. The van der Waals surface area contributed by atoms with Crippen LogP contribution in [0.2, 0.25) is 0 Å². The van der Waals surface area contributed by atoms with Gasteiger partial charge in [0.15, 0.2) is 0 Å². The zero-order valence-electron chi connectivity index (χ0n) is 10.1. The van der Waals surface area contributed by atoms with Crippen LogP contribution >= 0.6 is 22.7 Å². The number of nitrogens with two attached hydrogens (primary N) is 1. The van der Waals surface area contributed by atoms with E-state index in [1.54, 1.807) is 0 Å². The van der Waals surface area contributed by atoms with E-state index in [9.17, 15) is 0 Å². The van der Waals surface area contributed by atoms with Crippen LogP contribution in [0.15, 0.2) is 6.07 Å². The average molecular weight is 264 g/mol. The lowest BCUT2D eigenvalue weighted by Gasteiger charge is -2.07. The molecule has 4 heteroatoms. The SMILES string of the molecule is Cc1cc(C(N)c2nc3c(s2)CCC3)c(C)s1. The maximum atomic E-state index is 6.35. The van der Waals surface area contributed by atoms with E-state index < -0.39 is 0 Å². The van der Waals surface area contributed by atoms with Crippen molar-refractivity contribution < 1.29 is 0 Å². The highest BCUT2D eigenvalue weighted by molar-refractivity contribution is 7.12. The van der Waals surface area contributed by atoms with Crippen molar-refractivity contribution in [2.75, 3.05) is 0 Å². The van der Waals surface area contributed by atoms with Crippen LogP contribution in [0.5, 0.6) is 0 Å². The summed E-state index contributed by atoms with van der Waals surface area (Å²) in [6.45, 7) is 4.28. The first kappa shape index (κ1) is 11.4. The number of thiophene rings is 1. The Morgan fingerprint density at radius 1 is 1.29 bits per heavy atom. The molecule has 0 saturated heterocycles. The first-order chi connectivity index (χ1) is 8.15. The fourth-order valence-electron chi connectivity index (χ4n) is 2.44. The van der Waals surface area contributed by atoms with E-state index in [-0.39, 0.29) is 6.04 Å². The van der Waals surface area contributed by atoms with E-state index in [1.165, 1.54) is 38.7 Å². The van der Waals surface area contributed by atoms with Crippen molar-refractivity contribution in [3.63, 3.8) is 0 Å². The molecule has 0 radical (unpaired) electrons. The molecule has 90 valence electrons. The van der Waals surface area contributed by atoms with Gasteiger partial charge in [0, 0.05) is 14.6 Å². The standard InChI is InChI=1S/C13H16N2S2/c1-7-6-9(8(2)16-7)12(14)13-15-10-4-3-5-11(10)17-13/h6,12H,3-5,14H2,1-2H3. The molecule has 2 N–H and O–H groups in total. The van der Waals surface area contributed by atoms with Crippen molar-refractivity contribution in [3.8, 4) is 0 Å². The summed E-state index contributed by atoms with van der Waals surface area (Å²) in [5.41, 5.74) is 8.89. The molecule has 3 rings (SSSR count). The molecule has 0 aliphatic heterocycles.